The van der Waals surface area contributed by atoms with Crippen molar-refractivity contribution in [3.05, 3.63) is 11.5 Å². The van der Waals surface area contributed by atoms with Crippen molar-refractivity contribution in [1.29, 1.82) is 0 Å². The van der Waals surface area contributed by atoms with Gasteiger partial charge in [-0.05, 0) is 36.4 Å². The van der Waals surface area contributed by atoms with Crippen LogP contribution in [0, 0.1) is 10.8 Å². The summed E-state index contributed by atoms with van der Waals surface area (Å²) < 4.78 is 23.6. The Morgan fingerprint density at radius 1 is 1.39 bits per heavy atom. The van der Waals surface area contributed by atoms with Gasteiger partial charge in [0.05, 0.1) is 12.4 Å². The lowest BCUT2D eigenvalue weighted by Gasteiger charge is -2.37. The van der Waals surface area contributed by atoms with Gasteiger partial charge in [-0.25, -0.2) is 9.37 Å². The first-order valence-corrected chi connectivity index (χ1v) is 13.0. The molecule has 2 aromatic heterocycles. The van der Waals surface area contributed by atoms with Crippen LogP contribution < -0.4 is 5.73 Å². The Hall–Kier alpha value is -1.25. The molecule has 4 atom stereocenters. The molecule has 2 N–H and O–H groups in total. The van der Waals surface area contributed by atoms with Crippen LogP contribution >= 0.6 is 11.6 Å². The van der Waals surface area contributed by atoms with Crippen LogP contribution in [0.5, 0.6) is 0 Å². The smallest absolute Gasteiger partial charge is 0.223 e. The Bertz CT molecular complexity index is 944. The molecule has 0 unspecified atom stereocenters. The molecule has 0 radical (unpaired) electrons. The van der Waals surface area contributed by atoms with Crippen molar-refractivity contribution in [2.75, 3.05) is 12.3 Å². The van der Waals surface area contributed by atoms with Gasteiger partial charge in [0.25, 0.3) is 0 Å². The Morgan fingerprint density at radius 2 is 2.07 bits per heavy atom. The molecule has 0 amide bonds. The molecule has 2 aliphatic rings. The fourth-order valence-corrected chi connectivity index (χ4v) is 5.95. The van der Waals surface area contributed by atoms with Gasteiger partial charge in [0.2, 0.25) is 5.95 Å². The zero-order valence-corrected chi connectivity index (χ0v) is 19.1. The largest absolute Gasteiger partial charge is 0.416 e. The Labute approximate surface area is 171 Å². The van der Waals surface area contributed by atoms with Crippen LogP contribution in [0.25, 0.3) is 11.2 Å². The number of nitrogens with zero attached hydrogens (tertiary/aromatic N) is 4. The van der Waals surface area contributed by atoms with Crippen LogP contribution in [0.15, 0.2) is 6.33 Å². The average molecular weight is 426 g/mol. The quantitative estimate of drug-likeness (QED) is 0.564. The van der Waals surface area contributed by atoms with E-state index in [9.17, 15) is 0 Å². The van der Waals surface area contributed by atoms with Crippen LogP contribution in [0.3, 0.4) is 0 Å². The van der Waals surface area contributed by atoms with Crippen LogP contribution in [-0.2, 0) is 4.43 Å². The molecule has 154 valence electrons. The molecular weight excluding hydrogens is 397 g/mol. The second-order valence-corrected chi connectivity index (χ2v) is 15.5. The number of imidazole rings is 1. The van der Waals surface area contributed by atoms with Gasteiger partial charge in [-0.2, -0.15) is 9.97 Å². The third kappa shape index (κ3) is 2.71. The van der Waals surface area contributed by atoms with Crippen molar-refractivity contribution in [3.63, 3.8) is 0 Å². The Balaban J connectivity index is 1.64. The lowest BCUT2D eigenvalue weighted by atomic mass is 9.96. The predicted molar refractivity (Wildman–Crippen MR) is 112 cm³/mol. The third-order valence-corrected chi connectivity index (χ3v) is 12.3. The maximum absolute atomic E-state index is 15.3. The fourth-order valence-electron chi connectivity index (χ4n) is 4.66. The monoisotopic (exact) mass is 425 g/mol. The molecule has 2 aromatic rings. The lowest BCUT2D eigenvalue weighted by Crippen LogP contribution is -2.42. The first-order chi connectivity index (χ1) is 12.8. The number of halogens is 2. The summed E-state index contributed by atoms with van der Waals surface area (Å²) in [5.41, 5.74) is 6.40. The van der Waals surface area contributed by atoms with E-state index >= 15 is 4.39 Å². The molecule has 2 saturated carbocycles. The van der Waals surface area contributed by atoms with E-state index in [0.717, 1.165) is 6.42 Å². The van der Waals surface area contributed by atoms with Crippen LogP contribution in [0.4, 0.5) is 10.3 Å². The summed E-state index contributed by atoms with van der Waals surface area (Å²) in [5, 5.41) is 0.330. The highest BCUT2D eigenvalue weighted by Gasteiger charge is 2.75. The number of aromatic nitrogens is 4. The van der Waals surface area contributed by atoms with Gasteiger partial charge < -0.3 is 14.7 Å². The predicted octanol–water partition coefficient (Wildman–Crippen LogP) is 4.76. The maximum atomic E-state index is 15.3. The first-order valence-electron chi connectivity index (χ1n) is 9.75. The van der Waals surface area contributed by atoms with Crippen molar-refractivity contribution in [2.24, 2.45) is 10.8 Å². The summed E-state index contributed by atoms with van der Waals surface area (Å²) in [6, 6.07) is -0.356. The maximum Gasteiger partial charge on any atom is 0.223 e. The molecule has 0 bridgehead atoms. The molecular formula is C19H29ClFN5OSi. The van der Waals surface area contributed by atoms with Crippen molar-refractivity contribution in [3.8, 4) is 0 Å². The molecule has 28 heavy (non-hydrogen) atoms. The summed E-state index contributed by atoms with van der Waals surface area (Å²) in [6.45, 7) is 13.9. The van der Waals surface area contributed by atoms with Gasteiger partial charge in [-0.15, -0.1) is 0 Å². The molecule has 4 rings (SSSR count). The van der Waals surface area contributed by atoms with E-state index in [-0.39, 0.29) is 33.0 Å². The molecule has 2 aliphatic carbocycles. The van der Waals surface area contributed by atoms with Crippen molar-refractivity contribution >= 4 is 37.0 Å². The summed E-state index contributed by atoms with van der Waals surface area (Å²) in [4.78, 5) is 12.6. The van der Waals surface area contributed by atoms with E-state index in [1.165, 1.54) is 0 Å². The zero-order chi connectivity index (χ0) is 20.7. The van der Waals surface area contributed by atoms with E-state index in [0.29, 0.717) is 24.2 Å². The van der Waals surface area contributed by atoms with Gasteiger partial charge in [0.1, 0.15) is 11.7 Å². The molecule has 0 aromatic carbocycles. The van der Waals surface area contributed by atoms with Crippen molar-refractivity contribution in [2.45, 2.75) is 70.9 Å². The van der Waals surface area contributed by atoms with Gasteiger partial charge in [-0.1, -0.05) is 39.3 Å². The van der Waals surface area contributed by atoms with Gasteiger partial charge in [0, 0.05) is 12.0 Å². The fraction of sp³-hybridized carbons (Fsp3) is 0.737. The van der Waals surface area contributed by atoms with Crippen LogP contribution in [-0.4, -0.2) is 40.6 Å². The SMILES string of the molecule is CC(C)(C)[Si](C)(C)OC[C@]12C[C@@H](F)[C@H](n3cnc4c(Cl)nc(N)nc43)[C@@]1(C)C2. The minimum absolute atomic E-state index is 0.0705. The highest BCUT2D eigenvalue weighted by atomic mass is 35.5. The normalized spacial score (nSPS) is 32.7. The topological polar surface area (TPSA) is 78.8 Å². The zero-order valence-electron chi connectivity index (χ0n) is 17.4. The molecule has 0 saturated heterocycles. The van der Waals surface area contributed by atoms with Gasteiger partial charge in [0.15, 0.2) is 19.1 Å². The Kier molecular flexibility index (Phi) is 4.21. The van der Waals surface area contributed by atoms with Crippen LogP contribution in [0.2, 0.25) is 23.3 Å². The number of anilines is 1. The lowest BCUT2D eigenvalue weighted by molar-refractivity contribution is 0.184. The number of fused-ring (bicyclic) bond motifs is 2. The van der Waals surface area contributed by atoms with E-state index in [4.69, 9.17) is 21.8 Å². The summed E-state index contributed by atoms with van der Waals surface area (Å²) in [5.74, 6) is 0.0705. The summed E-state index contributed by atoms with van der Waals surface area (Å²) in [7, 11) is -1.89. The third-order valence-electron chi connectivity index (χ3n) is 7.58. The first kappa shape index (κ1) is 20.0. The van der Waals surface area contributed by atoms with Crippen LogP contribution in [0.1, 0.15) is 46.6 Å². The van der Waals surface area contributed by atoms with E-state index in [1.807, 2.05) is 4.57 Å². The van der Waals surface area contributed by atoms with E-state index < -0.39 is 14.5 Å². The number of nitrogens with two attached hydrogens (primary N) is 1. The second kappa shape index (κ2) is 5.89. The summed E-state index contributed by atoms with van der Waals surface area (Å²) in [6.07, 6.45) is 2.06. The standard InChI is InChI=1S/C19H29ClFN5OSi/c1-17(2,3)28(5,6)27-9-19-7-11(21)13(18(19,4)8-19)26-10-23-12-14(20)24-16(22)25-15(12)26/h10-11,13H,7-9H2,1-6H3,(H2,22,24,25)/t11-,13+,18-,19-/m1/s1. The Morgan fingerprint density at radius 3 is 2.71 bits per heavy atom. The van der Waals surface area contributed by atoms with Crippen molar-refractivity contribution in [1.82, 2.24) is 19.5 Å². The number of nitrogen functional groups attached to an aromatic ring is 1. The molecule has 2 heterocycles. The molecule has 2 fully saturated rings. The van der Waals surface area contributed by atoms with Gasteiger partial charge in [-0.3, -0.25) is 0 Å². The number of hydrogen-bond acceptors (Lipinski definition) is 5. The second-order valence-electron chi connectivity index (χ2n) is 10.3. The minimum Gasteiger partial charge on any atom is -0.416 e. The molecule has 6 nitrogen and oxygen atoms in total. The molecule has 0 aliphatic heterocycles. The number of hydrogen-bond donors (Lipinski definition) is 1. The van der Waals surface area contributed by atoms with E-state index in [2.05, 4.69) is 55.7 Å². The highest BCUT2D eigenvalue weighted by Crippen LogP contribution is 2.77. The number of rotatable bonds is 4. The van der Waals surface area contributed by atoms with E-state index in [1.54, 1.807) is 6.33 Å². The van der Waals surface area contributed by atoms with Gasteiger partial charge >= 0.3 is 0 Å². The summed E-state index contributed by atoms with van der Waals surface area (Å²) >= 11 is 6.15. The highest BCUT2D eigenvalue weighted by molar-refractivity contribution is 6.74. The van der Waals surface area contributed by atoms with Crippen molar-refractivity contribution < 1.29 is 8.82 Å². The average Bonchev–Trinajstić information content (AvgIpc) is 2.83. The number of alkyl halides is 1. The molecule has 0 spiro atoms. The minimum atomic E-state index is -1.89. The molecule has 9 heteroatoms.